The SMILES string of the molecule is O=C1C[C@@H]2C[C@H](CO)[C@@H](C2)N1. The highest BCUT2D eigenvalue weighted by Gasteiger charge is 2.39. The first-order chi connectivity index (χ1) is 5.29. The summed E-state index contributed by atoms with van der Waals surface area (Å²) in [4.78, 5) is 11.0. The molecule has 0 spiro atoms. The molecule has 2 fully saturated rings. The van der Waals surface area contributed by atoms with E-state index in [9.17, 15) is 4.79 Å². The van der Waals surface area contributed by atoms with Crippen molar-refractivity contribution in [1.82, 2.24) is 5.32 Å². The Morgan fingerprint density at radius 2 is 2.36 bits per heavy atom. The molecule has 0 radical (unpaired) electrons. The van der Waals surface area contributed by atoms with Crippen LogP contribution in [0.25, 0.3) is 0 Å². The van der Waals surface area contributed by atoms with Gasteiger partial charge in [0.2, 0.25) is 5.91 Å². The van der Waals surface area contributed by atoms with E-state index in [-0.39, 0.29) is 18.6 Å². The van der Waals surface area contributed by atoms with Gasteiger partial charge in [-0.1, -0.05) is 0 Å². The van der Waals surface area contributed by atoms with Crippen molar-refractivity contribution >= 4 is 5.91 Å². The van der Waals surface area contributed by atoms with Crippen LogP contribution in [0.1, 0.15) is 19.3 Å². The minimum absolute atomic E-state index is 0.169. The molecule has 2 N–H and O–H groups in total. The zero-order valence-corrected chi connectivity index (χ0v) is 6.42. The van der Waals surface area contributed by atoms with Gasteiger partial charge in [-0.25, -0.2) is 0 Å². The van der Waals surface area contributed by atoms with Crippen molar-refractivity contribution in [3.8, 4) is 0 Å². The fourth-order valence-electron chi connectivity index (χ4n) is 2.31. The monoisotopic (exact) mass is 155 g/mol. The van der Waals surface area contributed by atoms with Crippen molar-refractivity contribution in [2.75, 3.05) is 6.61 Å². The minimum Gasteiger partial charge on any atom is -0.396 e. The lowest BCUT2D eigenvalue weighted by atomic mass is 10.0. The first kappa shape index (κ1) is 7.10. The Labute approximate surface area is 65.8 Å². The first-order valence-corrected chi connectivity index (χ1v) is 4.20. The number of amides is 1. The number of piperidine rings is 1. The zero-order valence-electron chi connectivity index (χ0n) is 6.42. The quantitative estimate of drug-likeness (QED) is 0.555. The Morgan fingerprint density at radius 3 is 3.09 bits per heavy atom. The van der Waals surface area contributed by atoms with Crippen molar-refractivity contribution < 1.29 is 9.90 Å². The molecule has 0 aromatic carbocycles. The smallest absolute Gasteiger partial charge is 0.220 e. The van der Waals surface area contributed by atoms with Crippen LogP contribution in [-0.4, -0.2) is 23.7 Å². The van der Waals surface area contributed by atoms with Gasteiger partial charge in [0.15, 0.2) is 0 Å². The van der Waals surface area contributed by atoms with E-state index in [1.54, 1.807) is 0 Å². The lowest BCUT2D eigenvalue weighted by Gasteiger charge is -2.21. The molecule has 3 nitrogen and oxygen atoms in total. The molecule has 11 heavy (non-hydrogen) atoms. The number of aliphatic hydroxyl groups excluding tert-OH is 1. The Morgan fingerprint density at radius 1 is 1.55 bits per heavy atom. The summed E-state index contributed by atoms with van der Waals surface area (Å²) >= 11 is 0. The first-order valence-electron chi connectivity index (χ1n) is 4.20. The highest BCUT2D eigenvalue weighted by Crippen LogP contribution is 2.36. The number of carbonyl (C=O) groups is 1. The van der Waals surface area contributed by atoms with Gasteiger partial charge >= 0.3 is 0 Å². The lowest BCUT2D eigenvalue weighted by Crippen LogP contribution is -2.40. The van der Waals surface area contributed by atoms with Gasteiger partial charge in [-0.05, 0) is 18.8 Å². The molecular weight excluding hydrogens is 142 g/mol. The van der Waals surface area contributed by atoms with E-state index < -0.39 is 0 Å². The summed E-state index contributed by atoms with van der Waals surface area (Å²) in [5.74, 6) is 1.04. The number of aliphatic hydroxyl groups is 1. The second-order valence-electron chi connectivity index (χ2n) is 3.66. The Bertz CT molecular complexity index is 181. The summed E-state index contributed by atoms with van der Waals surface area (Å²) in [6.07, 6.45) is 2.78. The van der Waals surface area contributed by atoms with Crippen LogP contribution in [0.4, 0.5) is 0 Å². The van der Waals surface area contributed by atoms with Gasteiger partial charge in [0, 0.05) is 25.0 Å². The summed E-state index contributed by atoms with van der Waals surface area (Å²) in [5, 5.41) is 11.9. The number of rotatable bonds is 1. The van der Waals surface area contributed by atoms with Gasteiger partial charge in [0.1, 0.15) is 0 Å². The molecule has 0 aromatic rings. The molecule has 0 aromatic heterocycles. The van der Waals surface area contributed by atoms with Crippen molar-refractivity contribution in [3.05, 3.63) is 0 Å². The number of fused-ring (bicyclic) bond motifs is 2. The molecule has 3 heteroatoms. The Hall–Kier alpha value is -0.570. The molecule has 2 aliphatic rings. The van der Waals surface area contributed by atoms with Crippen LogP contribution in [0.5, 0.6) is 0 Å². The minimum atomic E-state index is 0.169. The second-order valence-corrected chi connectivity index (χ2v) is 3.66. The van der Waals surface area contributed by atoms with E-state index >= 15 is 0 Å². The molecule has 1 heterocycles. The third-order valence-corrected chi connectivity index (χ3v) is 2.85. The summed E-state index contributed by atoms with van der Waals surface area (Å²) in [5.41, 5.74) is 0. The molecule has 1 aliphatic heterocycles. The van der Waals surface area contributed by atoms with E-state index in [1.165, 1.54) is 0 Å². The van der Waals surface area contributed by atoms with Crippen LogP contribution >= 0.6 is 0 Å². The average Bonchev–Trinajstić information content (AvgIpc) is 2.25. The fourth-order valence-corrected chi connectivity index (χ4v) is 2.31. The number of hydrogen-bond donors (Lipinski definition) is 2. The molecule has 1 saturated heterocycles. The summed E-state index contributed by atoms with van der Waals surface area (Å²) < 4.78 is 0. The van der Waals surface area contributed by atoms with Crippen LogP contribution in [0.15, 0.2) is 0 Å². The van der Waals surface area contributed by atoms with Gasteiger partial charge in [-0.3, -0.25) is 4.79 Å². The maximum atomic E-state index is 11.0. The van der Waals surface area contributed by atoms with Crippen molar-refractivity contribution in [3.63, 3.8) is 0 Å². The number of hydrogen-bond acceptors (Lipinski definition) is 2. The van der Waals surface area contributed by atoms with Gasteiger partial charge in [0.05, 0.1) is 0 Å². The number of carbonyl (C=O) groups excluding carboxylic acids is 1. The number of nitrogens with one attached hydrogen (secondary N) is 1. The third kappa shape index (κ3) is 1.13. The molecule has 0 unspecified atom stereocenters. The normalized spacial score (nSPS) is 42.3. The maximum absolute atomic E-state index is 11.0. The van der Waals surface area contributed by atoms with Crippen molar-refractivity contribution in [2.45, 2.75) is 25.3 Å². The standard InChI is InChI=1S/C8H13NO2/c10-4-6-1-5-2-7(6)9-8(11)3-5/h5-7,10H,1-4H2,(H,9,11)/t5-,6-,7-/m1/s1. The second kappa shape index (κ2) is 2.48. The van der Waals surface area contributed by atoms with E-state index in [4.69, 9.17) is 5.11 Å². The predicted octanol–water partition coefficient (Wildman–Crippen LogP) is -0.107. The largest absolute Gasteiger partial charge is 0.396 e. The van der Waals surface area contributed by atoms with Crippen LogP contribution in [0.3, 0.4) is 0 Å². The maximum Gasteiger partial charge on any atom is 0.220 e. The molecule has 3 atom stereocenters. The Balaban J connectivity index is 2.08. The van der Waals surface area contributed by atoms with E-state index in [2.05, 4.69) is 5.32 Å². The molecule has 1 aliphatic carbocycles. The van der Waals surface area contributed by atoms with Gasteiger partial charge < -0.3 is 10.4 Å². The fraction of sp³-hybridized carbons (Fsp3) is 0.875. The van der Waals surface area contributed by atoms with Gasteiger partial charge in [0.25, 0.3) is 0 Å². The van der Waals surface area contributed by atoms with Crippen molar-refractivity contribution in [1.29, 1.82) is 0 Å². The molecule has 1 saturated carbocycles. The zero-order chi connectivity index (χ0) is 7.84. The molecule has 62 valence electrons. The molecular formula is C8H13NO2. The summed E-state index contributed by atoms with van der Waals surface area (Å²) in [6.45, 7) is 0.224. The van der Waals surface area contributed by atoms with E-state index in [0.717, 1.165) is 12.8 Å². The highest BCUT2D eigenvalue weighted by molar-refractivity contribution is 5.77. The van der Waals surface area contributed by atoms with Crippen molar-refractivity contribution in [2.24, 2.45) is 11.8 Å². The van der Waals surface area contributed by atoms with E-state index in [1.807, 2.05) is 0 Å². The third-order valence-electron chi connectivity index (χ3n) is 2.85. The van der Waals surface area contributed by atoms with Crippen LogP contribution < -0.4 is 5.32 Å². The van der Waals surface area contributed by atoms with Crippen LogP contribution in [0.2, 0.25) is 0 Å². The predicted molar refractivity (Wildman–Crippen MR) is 39.8 cm³/mol. The molecule has 2 rings (SSSR count). The van der Waals surface area contributed by atoms with Crippen LogP contribution in [-0.2, 0) is 4.79 Å². The topological polar surface area (TPSA) is 49.3 Å². The van der Waals surface area contributed by atoms with Gasteiger partial charge in [-0.15, -0.1) is 0 Å². The average molecular weight is 155 g/mol. The Kier molecular flexibility index (Phi) is 1.60. The lowest BCUT2D eigenvalue weighted by molar-refractivity contribution is -0.123. The molecule has 1 amide bonds. The highest BCUT2D eigenvalue weighted by atomic mass is 16.3. The summed E-state index contributed by atoms with van der Waals surface area (Å²) in [7, 11) is 0. The molecule has 2 bridgehead atoms. The van der Waals surface area contributed by atoms with E-state index in [0.29, 0.717) is 18.3 Å². The summed E-state index contributed by atoms with van der Waals surface area (Å²) in [6, 6.07) is 0.270. The van der Waals surface area contributed by atoms with Gasteiger partial charge in [-0.2, -0.15) is 0 Å². The van der Waals surface area contributed by atoms with Crippen LogP contribution in [0, 0.1) is 11.8 Å².